The lowest BCUT2D eigenvalue weighted by molar-refractivity contribution is -0.117. The van der Waals surface area contributed by atoms with Gasteiger partial charge < -0.3 is 24.8 Å². The minimum Gasteiger partial charge on any atom is -0.493 e. The van der Waals surface area contributed by atoms with Gasteiger partial charge in [0.25, 0.3) is 11.8 Å². The van der Waals surface area contributed by atoms with Crippen molar-refractivity contribution in [2.45, 2.75) is 13.3 Å². The van der Waals surface area contributed by atoms with Crippen LogP contribution in [0.1, 0.15) is 27.7 Å². The first-order valence-electron chi connectivity index (χ1n) is 10.8. The van der Waals surface area contributed by atoms with Crippen LogP contribution in [-0.4, -0.2) is 39.2 Å². The smallest absolute Gasteiger partial charge is 0.267 e. The van der Waals surface area contributed by atoms with Gasteiger partial charge in [0.05, 0.1) is 20.8 Å². The molecule has 7 nitrogen and oxygen atoms in total. The summed E-state index contributed by atoms with van der Waals surface area (Å²) < 4.78 is 16.2. The summed E-state index contributed by atoms with van der Waals surface area (Å²) in [5, 5.41) is 7.41. The van der Waals surface area contributed by atoms with Gasteiger partial charge in [-0.2, -0.15) is 0 Å². The normalized spacial score (nSPS) is 11.0. The van der Waals surface area contributed by atoms with E-state index in [9.17, 15) is 9.59 Å². The van der Waals surface area contributed by atoms with Gasteiger partial charge in [-0.15, -0.1) is 11.3 Å². The summed E-state index contributed by atoms with van der Waals surface area (Å²) in [6.45, 7) is 2.67. The van der Waals surface area contributed by atoms with E-state index in [-0.39, 0.29) is 12.2 Å². The Bertz CT molecular complexity index is 1120. The van der Waals surface area contributed by atoms with E-state index >= 15 is 0 Å². The molecule has 2 amide bonds. The predicted octanol–water partition coefficient (Wildman–Crippen LogP) is 4.29. The van der Waals surface area contributed by atoms with Gasteiger partial charge in [-0.3, -0.25) is 9.59 Å². The van der Waals surface area contributed by atoms with Gasteiger partial charge in [-0.05, 0) is 59.8 Å². The van der Waals surface area contributed by atoms with Gasteiger partial charge >= 0.3 is 0 Å². The molecule has 3 rings (SSSR count). The van der Waals surface area contributed by atoms with Crippen molar-refractivity contribution in [2.75, 3.05) is 27.4 Å². The summed E-state index contributed by atoms with van der Waals surface area (Å²) in [5.74, 6) is 0.823. The third kappa shape index (κ3) is 6.86. The summed E-state index contributed by atoms with van der Waals surface area (Å²) in [6, 6.07) is 16.4. The number of carbonyl (C=O) groups excluding carboxylic acids is 2. The molecule has 3 aromatic rings. The Kier molecular flexibility index (Phi) is 9.11. The van der Waals surface area contributed by atoms with Crippen molar-refractivity contribution >= 4 is 29.2 Å². The zero-order valence-corrected chi connectivity index (χ0v) is 20.2. The number of thiophene rings is 1. The molecule has 0 bridgehead atoms. The molecule has 1 heterocycles. The number of ether oxygens (including phenoxy) is 3. The molecule has 0 spiro atoms. The minimum absolute atomic E-state index is 0.134. The number of benzene rings is 2. The Morgan fingerprint density at radius 1 is 1.00 bits per heavy atom. The van der Waals surface area contributed by atoms with Crippen molar-refractivity contribution < 1.29 is 23.8 Å². The highest BCUT2D eigenvalue weighted by Crippen LogP contribution is 2.27. The Balaban J connectivity index is 1.64. The van der Waals surface area contributed by atoms with Crippen LogP contribution >= 0.6 is 11.3 Å². The summed E-state index contributed by atoms with van der Waals surface area (Å²) in [7, 11) is 3.02. The molecular weight excluding hydrogens is 452 g/mol. The fourth-order valence-corrected chi connectivity index (χ4v) is 3.75. The van der Waals surface area contributed by atoms with Gasteiger partial charge in [0.1, 0.15) is 18.1 Å². The van der Waals surface area contributed by atoms with Gasteiger partial charge in [0.15, 0.2) is 11.5 Å². The number of nitrogens with one attached hydrogen (secondary N) is 2. The first kappa shape index (κ1) is 24.9. The maximum atomic E-state index is 12.9. The fraction of sp³-hybridized carbons (Fsp3) is 0.231. The first-order valence-corrected chi connectivity index (χ1v) is 11.7. The van der Waals surface area contributed by atoms with Crippen LogP contribution < -0.4 is 24.8 Å². The van der Waals surface area contributed by atoms with Crippen molar-refractivity contribution in [3.05, 3.63) is 81.7 Å². The van der Waals surface area contributed by atoms with Gasteiger partial charge in [-0.1, -0.05) is 25.1 Å². The van der Waals surface area contributed by atoms with E-state index in [1.807, 2.05) is 41.8 Å². The molecule has 0 fully saturated rings. The number of amides is 2. The lowest BCUT2D eigenvalue weighted by Gasteiger charge is -2.13. The van der Waals surface area contributed by atoms with Crippen molar-refractivity contribution in [1.29, 1.82) is 0 Å². The Morgan fingerprint density at radius 2 is 1.76 bits per heavy atom. The molecule has 2 N–H and O–H groups in total. The third-order valence-corrected chi connectivity index (χ3v) is 5.78. The maximum absolute atomic E-state index is 12.9. The van der Waals surface area contributed by atoms with Gasteiger partial charge in [0.2, 0.25) is 0 Å². The number of hydrogen-bond donors (Lipinski definition) is 2. The monoisotopic (exact) mass is 480 g/mol. The molecule has 178 valence electrons. The van der Waals surface area contributed by atoms with Crippen LogP contribution in [0.25, 0.3) is 6.08 Å². The number of methoxy groups -OCH3 is 2. The second-order valence-corrected chi connectivity index (χ2v) is 8.18. The Hall–Kier alpha value is -3.78. The van der Waals surface area contributed by atoms with Crippen LogP contribution in [0.3, 0.4) is 0 Å². The number of hydrogen-bond acceptors (Lipinski definition) is 6. The molecule has 0 atom stereocenters. The topological polar surface area (TPSA) is 85.9 Å². The lowest BCUT2D eigenvalue weighted by atomic mass is 10.1. The molecule has 0 aliphatic heterocycles. The van der Waals surface area contributed by atoms with Crippen LogP contribution in [0.2, 0.25) is 0 Å². The highest BCUT2D eigenvalue weighted by Gasteiger charge is 2.16. The van der Waals surface area contributed by atoms with E-state index in [2.05, 4.69) is 17.6 Å². The molecular formula is C26H28N2O5S. The highest BCUT2D eigenvalue weighted by atomic mass is 32.1. The lowest BCUT2D eigenvalue weighted by Crippen LogP contribution is -2.36. The first-order chi connectivity index (χ1) is 16.5. The van der Waals surface area contributed by atoms with Crippen LogP contribution in [0.4, 0.5) is 0 Å². The van der Waals surface area contributed by atoms with Crippen LogP contribution in [0, 0.1) is 0 Å². The maximum Gasteiger partial charge on any atom is 0.267 e. The van der Waals surface area contributed by atoms with Gasteiger partial charge in [-0.25, -0.2) is 0 Å². The summed E-state index contributed by atoms with van der Waals surface area (Å²) >= 11 is 1.46. The van der Waals surface area contributed by atoms with E-state index in [0.29, 0.717) is 23.7 Å². The van der Waals surface area contributed by atoms with E-state index < -0.39 is 11.8 Å². The molecule has 0 saturated carbocycles. The van der Waals surface area contributed by atoms with Crippen molar-refractivity contribution in [3.63, 3.8) is 0 Å². The second kappa shape index (κ2) is 12.5. The standard InChI is InChI=1S/C26H28N2O5S/c1-4-18-7-10-20(11-8-18)33-14-13-27-26(30)22(17-21-6-5-15-34-21)28-25(29)19-9-12-23(31-2)24(16-19)32-3/h5-12,15-17H,4,13-14H2,1-3H3,(H,27,30)(H,28,29)/b22-17-. The van der Waals surface area contributed by atoms with Crippen molar-refractivity contribution in [2.24, 2.45) is 0 Å². The van der Waals surface area contributed by atoms with Gasteiger partial charge in [0, 0.05) is 10.4 Å². The highest BCUT2D eigenvalue weighted by molar-refractivity contribution is 7.10. The SMILES string of the molecule is CCc1ccc(OCCNC(=O)/C(=C/c2cccs2)NC(=O)c2ccc(OC)c(OC)c2)cc1. The molecule has 0 aliphatic rings. The average molecular weight is 481 g/mol. The van der Waals surface area contributed by atoms with E-state index in [0.717, 1.165) is 17.0 Å². The third-order valence-electron chi connectivity index (χ3n) is 4.96. The largest absolute Gasteiger partial charge is 0.493 e. The van der Waals surface area contributed by atoms with E-state index in [1.165, 1.54) is 31.1 Å². The Labute approximate surface area is 203 Å². The van der Waals surface area contributed by atoms with Crippen LogP contribution in [0.5, 0.6) is 17.2 Å². The number of rotatable bonds is 11. The molecule has 0 aliphatic carbocycles. The zero-order valence-electron chi connectivity index (χ0n) is 19.4. The zero-order chi connectivity index (χ0) is 24.3. The molecule has 34 heavy (non-hydrogen) atoms. The quantitative estimate of drug-likeness (QED) is 0.316. The molecule has 0 unspecified atom stereocenters. The molecule has 8 heteroatoms. The van der Waals surface area contributed by atoms with Crippen molar-refractivity contribution in [3.8, 4) is 17.2 Å². The molecule has 1 aromatic heterocycles. The Morgan fingerprint density at radius 3 is 2.41 bits per heavy atom. The van der Waals surface area contributed by atoms with E-state index in [1.54, 1.807) is 24.3 Å². The fourth-order valence-electron chi connectivity index (χ4n) is 3.10. The molecule has 0 radical (unpaired) electrons. The average Bonchev–Trinajstić information content (AvgIpc) is 3.39. The van der Waals surface area contributed by atoms with Crippen molar-refractivity contribution in [1.82, 2.24) is 10.6 Å². The minimum atomic E-state index is -0.439. The second-order valence-electron chi connectivity index (χ2n) is 7.20. The molecule has 2 aromatic carbocycles. The molecule has 0 saturated heterocycles. The summed E-state index contributed by atoms with van der Waals surface area (Å²) in [6.07, 6.45) is 2.60. The van der Waals surface area contributed by atoms with Crippen LogP contribution in [-0.2, 0) is 11.2 Å². The number of carbonyl (C=O) groups is 2. The summed E-state index contributed by atoms with van der Waals surface area (Å²) in [4.78, 5) is 26.6. The summed E-state index contributed by atoms with van der Waals surface area (Å²) in [5.41, 5.74) is 1.70. The van der Waals surface area contributed by atoms with Crippen LogP contribution in [0.15, 0.2) is 65.7 Å². The number of aryl methyl sites for hydroxylation is 1. The van der Waals surface area contributed by atoms with E-state index in [4.69, 9.17) is 14.2 Å². The predicted molar refractivity (Wildman–Crippen MR) is 134 cm³/mol.